The highest BCUT2D eigenvalue weighted by Crippen LogP contribution is 2.43. The molecule has 0 saturated heterocycles. The van der Waals surface area contributed by atoms with Crippen molar-refractivity contribution in [2.45, 2.75) is 57.5 Å². The molecule has 29 heavy (non-hydrogen) atoms. The van der Waals surface area contributed by atoms with E-state index in [2.05, 4.69) is 61.2 Å². The molecule has 154 valence electrons. The van der Waals surface area contributed by atoms with Gasteiger partial charge in [0.25, 0.3) is 0 Å². The summed E-state index contributed by atoms with van der Waals surface area (Å²) in [5.74, 6) is 3.53. The second kappa shape index (κ2) is 7.66. The third kappa shape index (κ3) is 3.76. The zero-order chi connectivity index (χ0) is 20.0. The highest BCUT2D eigenvalue weighted by atomic mass is 16.5. The molecule has 0 bridgehead atoms. The van der Waals surface area contributed by atoms with E-state index in [0.29, 0.717) is 25.3 Å². The number of rotatable bonds is 2. The minimum absolute atomic E-state index is 0.676. The maximum absolute atomic E-state index is 5.95. The lowest BCUT2D eigenvalue weighted by Crippen LogP contribution is -2.28. The van der Waals surface area contributed by atoms with Gasteiger partial charge in [-0.15, -0.1) is 0 Å². The van der Waals surface area contributed by atoms with Crippen LogP contribution in [0.5, 0.6) is 11.5 Å². The normalized spacial score (nSPS) is 24.9. The summed E-state index contributed by atoms with van der Waals surface area (Å²) in [5.41, 5.74) is 7.01. The topological polar surface area (TPSA) is 24.9 Å². The first-order chi connectivity index (χ1) is 14.1. The van der Waals surface area contributed by atoms with E-state index in [1.54, 1.807) is 0 Å². The summed E-state index contributed by atoms with van der Waals surface area (Å²) >= 11 is 0. The number of nitrogens with zero attached hydrogens (tertiary/aromatic N) is 2. The number of aryl methyl sites for hydroxylation is 1. The van der Waals surface area contributed by atoms with Gasteiger partial charge in [0.2, 0.25) is 0 Å². The lowest BCUT2D eigenvalue weighted by atomic mass is 9.75. The number of ether oxygens (including phenoxy) is 2. The Bertz CT molecular complexity index is 902. The number of fused-ring (bicyclic) bond motifs is 2. The molecule has 1 fully saturated rings. The summed E-state index contributed by atoms with van der Waals surface area (Å²) in [6.07, 6.45) is 5.08. The van der Waals surface area contributed by atoms with E-state index >= 15 is 0 Å². The van der Waals surface area contributed by atoms with Crippen molar-refractivity contribution < 1.29 is 9.47 Å². The van der Waals surface area contributed by atoms with Crippen LogP contribution in [0, 0.1) is 6.92 Å². The average Bonchev–Trinajstić information content (AvgIpc) is 2.73. The molecule has 0 atom stereocenters. The van der Waals surface area contributed by atoms with Crippen LogP contribution in [0.2, 0.25) is 0 Å². The molecule has 2 aromatic carbocycles. The predicted octanol–water partition coefficient (Wildman–Crippen LogP) is 5.00. The number of benzene rings is 2. The summed E-state index contributed by atoms with van der Waals surface area (Å²) in [5, 5.41) is 0. The summed E-state index contributed by atoms with van der Waals surface area (Å²) in [4.78, 5) is 4.46. The van der Waals surface area contributed by atoms with Crippen molar-refractivity contribution in [2.24, 2.45) is 0 Å². The molecule has 2 aliphatic heterocycles. The predicted molar refractivity (Wildman–Crippen MR) is 115 cm³/mol. The minimum Gasteiger partial charge on any atom is -0.478 e. The van der Waals surface area contributed by atoms with Gasteiger partial charge in [0.05, 0.1) is 0 Å². The van der Waals surface area contributed by atoms with Crippen molar-refractivity contribution in [3.8, 4) is 11.5 Å². The van der Waals surface area contributed by atoms with Crippen LogP contribution in [-0.4, -0.2) is 37.4 Å². The first-order valence-electron chi connectivity index (χ1n) is 11.0. The molecule has 0 N–H and O–H groups in total. The van der Waals surface area contributed by atoms with E-state index in [4.69, 9.17) is 9.47 Å². The van der Waals surface area contributed by atoms with Gasteiger partial charge in [-0.05, 0) is 81.3 Å². The van der Waals surface area contributed by atoms with Gasteiger partial charge >= 0.3 is 0 Å². The molecule has 5 rings (SSSR count). The fraction of sp³-hybridized carbons (Fsp3) is 0.520. The van der Waals surface area contributed by atoms with Gasteiger partial charge < -0.3 is 9.47 Å². The standard InChI is InChI=1S/C25H32N2O2/c1-17-10-21(12-23-14-27(3)16-29-25(17)23)19-6-4-18(5-7-19)20-8-9-24-22(11-20)13-26(2)15-28-24/h8-12,18-19H,4-7,13-16H2,1-3H3. The third-order valence-electron chi connectivity index (χ3n) is 6.88. The molecule has 3 aliphatic rings. The van der Waals surface area contributed by atoms with Crippen molar-refractivity contribution in [2.75, 3.05) is 27.6 Å². The molecule has 0 aromatic heterocycles. The molecule has 4 heteroatoms. The van der Waals surface area contributed by atoms with Crippen LogP contribution in [-0.2, 0) is 13.1 Å². The fourth-order valence-corrected chi connectivity index (χ4v) is 5.34. The Kier molecular flexibility index (Phi) is 5.00. The first-order valence-corrected chi connectivity index (χ1v) is 11.0. The summed E-state index contributed by atoms with van der Waals surface area (Å²) in [6, 6.07) is 11.7. The van der Waals surface area contributed by atoms with Crippen molar-refractivity contribution in [3.63, 3.8) is 0 Å². The van der Waals surface area contributed by atoms with Gasteiger partial charge in [-0.3, -0.25) is 9.80 Å². The van der Waals surface area contributed by atoms with Crippen molar-refractivity contribution in [1.29, 1.82) is 0 Å². The maximum Gasteiger partial charge on any atom is 0.142 e. The number of hydrogen-bond donors (Lipinski definition) is 0. The van der Waals surface area contributed by atoms with Crippen LogP contribution in [0.4, 0.5) is 0 Å². The van der Waals surface area contributed by atoms with E-state index in [1.165, 1.54) is 53.5 Å². The van der Waals surface area contributed by atoms with Gasteiger partial charge in [-0.25, -0.2) is 0 Å². The third-order valence-corrected chi connectivity index (χ3v) is 6.88. The van der Waals surface area contributed by atoms with Crippen molar-refractivity contribution >= 4 is 0 Å². The van der Waals surface area contributed by atoms with E-state index in [0.717, 1.165) is 24.6 Å². The van der Waals surface area contributed by atoms with Crippen LogP contribution in [0.3, 0.4) is 0 Å². The largest absolute Gasteiger partial charge is 0.478 e. The Morgan fingerprint density at radius 1 is 0.759 bits per heavy atom. The van der Waals surface area contributed by atoms with Crippen LogP contribution in [0.1, 0.15) is 65.3 Å². The number of hydrogen-bond acceptors (Lipinski definition) is 4. The van der Waals surface area contributed by atoms with E-state index in [9.17, 15) is 0 Å². The van der Waals surface area contributed by atoms with Gasteiger partial charge in [0.15, 0.2) is 0 Å². The summed E-state index contributed by atoms with van der Waals surface area (Å²) in [7, 11) is 4.24. The molecule has 0 spiro atoms. The highest BCUT2D eigenvalue weighted by Gasteiger charge is 2.27. The van der Waals surface area contributed by atoms with Crippen molar-refractivity contribution in [1.82, 2.24) is 9.80 Å². The van der Waals surface area contributed by atoms with Crippen LogP contribution < -0.4 is 9.47 Å². The first kappa shape index (κ1) is 19.0. The Morgan fingerprint density at radius 3 is 2.14 bits per heavy atom. The Labute approximate surface area is 174 Å². The van der Waals surface area contributed by atoms with Gasteiger partial charge in [-0.1, -0.05) is 24.3 Å². The van der Waals surface area contributed by atoms with E-state index in [1.807, 2.05) is 0 Å². The van der Waals surface area contributed by atoms with E-state index in [-0.39, 0.29) is 0 Å². The second-order valence-corrected chi connectivity index (χ2v) is 9.32. The van der Waals surface area contributed by atoms with Crippen LogP contribution in [0.25, 0.3) is 0 Å². The zero-order valence-electron chi connectivity index (χ0n) is 17.9. The minimum atomic E-state index is 0.676. The Balaban J connectivity index is 1.29. The highest BCUT2D eigenvalue weighted by molar-refractivity contribution is 5.46. The molecule has 0 amide bonds. The van der Waals surface area contributed by atoms with Crippen LogP contribution in [0.15, 0.2) is 30.3 Å². The summed E-state index contributed by atoms with van der Waals surface area (Å²) in [6.45, 7) is 5.57. The van der Waals surface area contributed by atoms with Gasteiger partial charge in [0.1, 0.15) is 25.0 Å². The molecule has 4 nitrogen and oxygen atoms in total. The average molecular weight is 393 g/mol. The quantitative estimate of drug-likeness (QED) is 0.718. The Morgan fingerprint density at radius 2 is 1.38 bits per heavy atom. The molecule has 1 aliphatic carbocycles. The van der Waals surface area contributed by atoms with E-state index < -0.39 is 0 Å². The second-order valence-electron chi connectivity index (χ2n) is 9.32. The zero-order valence-corrected chi connectivity index (χ0v) is 17.9. The molecule has 1 saturated carbocycles. The van der Waals surface area contributed by atoms with Gasteiger partial charge in [0, 0.05) is 24.2 Å². The monoisotopic (exact) mass is 392 g/mol. The Hall–Kier alpha value is -2.04. The summed E-state index contributed by atoms with van der Waals surface area (Å²) < 4.78 is 11.8. The lowest BCUT2D eigenvalue weighted by Gasteiger charge is -2.32. The maximum atomic E-state index is 5.95. The van der Waals surface area contributed by atoms with Gasteiger partial charge in [-0.2, -0.15) is 0 Å². The molecular weight excluding hydrogens is 360 g/mol. The molecule has 0 unspecified atom stereocenters. The van der Waals surface area contributed by atoms with Crippen molar-refractivity contribution in [3.05, 3.63) is 58.1 Å². The SMILES string of the molecule is Cc1cc(C2CCC(c3ccc4c(c3)CN(C)CO4)CC2)cc2c1OCN(C)C2. The molecule has 2 heterocycles. The lowest BCUT2D eigenvalue weighted by molar-refractivity contribution is 0.120. The smallest absolute Gasteiger partial charge is 0.142 e. The molecular formula is C25H32N2O2. The fourth-order valence-electron chi connectivity index (χ4n) is 5.34. The molecule has 0 radical (unpaired) electrons. The molecule has 2 aromatic rings. The van der Waals surface area contributed by atoms with Crippen LogP contribution >= 0.6 is 0 Å².